The summed E-state index contributed by atoms with van der Waals surface area (Å²) < 4.78 is 17.0. The number of methoxy groups -OCH3 is 1. The lowest BCUT2D eigenvalue weighted by molar-refractivity contribution is -0.142. The van der Waals surface area contributed by atoms with Gasteiger partial charge in [0.2, 0.25) is 0 Å². The van der Waals surface area contributed by atoms with Gasteiger partial charge in [-0.05, 0) is 49.8 Å². The SMILES string of the molecule is COC(=O)C1=C(CN2CC3(CC3)CC2C(=O)O)NC(c2nc(C)cs2)=NC1.Fc1cccc(Cl)c1. The zero-order chi connectivity index (χ0) is 25.2. The molecule has 0 bridgehead atoms. The molecule has 1 spiro atoms. The van der Waals surface area contributed by atoms with Crippen LogP contribution in [0, 0.1) is 18.2 Å². The fourth-order valence-corrected chi connectivity index (χ4v) is 5.23. The molecule has 35 heavy (non-hydrogen) atoms. The fraction of sp³-hybridized carbons (Fsp3) is 0.417. The predicted molar refractivity (Wildman–Crippen MR) is 131 cm³/mol. The minimum absolute atomic E-state index is 0.146. The molecule has 2 aromatic rings. The van der Waals surface area contributed by atoms with E-state index in [4.69, 9.17) is 16.3 Å². The molecule has 0 radical (unpaired) electrons. The maximum atomic E-state index is 12.2. The van der Waals surface area contributed by atoms with Crippen LogP contribution in [-0.4, -0.2) is 65.6 Å². The minimum Gasteiger partial charge on any atom is -0.480 e. The summed E-state index contributed by atoms with van der Waals surface area (Å²) in [5, 5.41) is 16.0. The number of amidine groups is 1. The maximum Gasteiger partial charge on any atom is 0.337 e. The second-order valence-corrected chi connectivity index (χ2v) is 10.2. The first-order valence-electron chi connectivity index (χ1n) is 11.1. The Balaban J connectivity index is 0.000000308. The molecule has 1 aliphatic carbocycles. The van der Waals surface area contributed by atoms with Crippen LogP contribution in [0.3, 0.4) is 0 Å². The van der Waals surface area contributed by atoms with Crippen molar-refractivity contribution in [3.63, 3.8) is 0 Å². The molecule has 1 unspecified atom stereocenters. The Labute approximate surface area is 211 Å². The first-order valence-corrected chi connectivity index (χ1v) is 12.4. The number of carboxylic acids is 1. The van der Waals surface area contributed by atoms with Crippen molar-refractivity contribution in [2.75, 3.05) is 26.7 Å². The van der Waals surface area contributed by atoms with E-state index in [9.17, 15) is 19.1 Å². The fourth-order valence-electron chi connectivity index (χ4n) is 4.30. The summed E-state index contributed by atoms with van der Waals surface area (Å²) in [6.07, 6.45) is 2.83. The van der Waals surface area contributed by atoms with Gasteiger partial charge < -0.3 is 15.2 Å². The van der Waals surface area contributed by atoms with Gasteiger partial charge in [-0.3, -0.25) is 14.7 Å². The summed E-state index contributed by atoms with van der Waals surface area (Å²) in [4.78, 5) is 34.8. The molecule has 2 N–H and O–H groups in total. The van der Waals surface area contributed by atoms with Crippen molar-refractivity contribution in [3.8, 4) is 0 Å². The van der Waals surface area contributed by atoms with Gasteiger partial charge in [0.1, 0.15) is 11.9 Å². The summed E-state index contributed by atoms with van der Waals surface area (Å²) in [7, 11) is 1.34. The Morgan fingerprint density at radius 3 is 2.71 bits per heavy atom. The number of carbonyl (C=O) groups is 2. The van der Waals surface area contributed by atoms with E-state index >= 15 is 0 Å². The van der Waals surface area contributed by atoms with Crippen LogP contribution in [0.5, 0.6) is 0 Å². The number of hydrogen-bond donors (Lipinski definition) is 2. The normalized spacial score (nSPS) is 20.6. The quantitative estimate of drug-likeness (QED) is 0.580. The monoisotopic (exact) mass is 520 g/mol. The van der Waals surface area contributed by atoms with Gasteiger partial charge in [0.05, 0.1) is 19.2 Å². The molecule has 1 aromatic carbocycles. The number of nitrogens with one attached hydrogen (secondary N) is 1. The van der Waals surface area contributed by atoms with E-state index in [0.29, 0.717) is 35.1 Å². The summed E-state index contributed by atoms with van der Waals surface area (Å²) in [5.41, 5.74) is 2.15. The number of rotatable bonds is 5. The van der Waals surface area contributed by atoms with E-state index in [0.717, 1.165) is 30.1 Å². The number of aliphatic imine (C=N–C) groups is 1. The number of hydrogen-bond acceptors (Lipinski definition) is 8. The molecule has 1 saturated heterocycles. The third kappa shape index (κ3) is 6.06. The molecule has 8 nitrogen and oxygen atoms in total. The number of nitrogens with zero attached hydrogens (tertiary/aromatic N) is 3. The summed E-state index contributed by atoms with van der Waals surface area (Å²) in [5.74, 6) is -0.928. The summed E-state index contributed by atoms with van der Waals surface area (Å²) in [6.45, 7) is 3.20. The van der Waals surface area contributed by atoms with Gasteiger partial charge in [0, 0.05) is 34.9 Å². The van der Waals surface area contributed by atoms with Crippen LogP contribution >= 0.6 is 22.9 Å². The molecule has 3 aliphatic rings. The van der Waals surface area contributed by atoms with Crippen molar-refractivity contribution in [2.45, 2.75) is 32.2 Å². The van der Waals surface area contributed by atoms with Gasteiger partial charge >= 0.3 is 11.9 Å². The molecular weight excluding hydrogens is 495 g/mol. The Kier molecular flexibility index (Phi) is 7.53. The average Bonchev–Trinajstić information content (AvgIpc) is 3.26. The highest BCUT2D eigenvalue weighted by Crippen LogP contribution is 2.54. The topological polar surface area (TPSA) is 104 Å². The molecule has 1 saturated carbocycles. The van der Waals surface area contributed by atoms with Crippen LogP contribution in [0.25, 0.3) is 0 Å². The summed E-state index contributed by atoms with van der Waals surface area (Å²) in [6, 6.07) is 5.29. The predicted octanol–water partition coefficient (Wildman–Crippen LogP) is 3.65. The van der Waals surface area contributed by atoms with E-state index < -0.39 is 18.0 Å². The van der Waals surface area contributed by atoms with E-state index in [1.807, 2.05) is 17.2 Å². The first kappa shape index (κ1) is 25.3. The smallest absolute Gasteiger partial charge is 0.337 e. The van der Waals surface area contributed by atoms with Gasteiger partial charge in [0.25, 0.3) is 0 Å². The minimum atomic E-state index is -0.806. The zero-order valence-electron chi connectivity index (χ0n) is 19.4. The number of halogens is 2. The molecule has 2 aliphatic heterocycles. The number of likely N-dealkylation sites (tertiary alicyclic amines) is 1. The van der Waals surface area contributed by atoms with Crippen molar-refractivity contribution in [1.82, 2.24) is 15.2 Å². The number of aryl methyl sites for hydroxylation is 1. The Bertz CT molecular complexity index is 1180. The van der Waals surface area contributed by atoms with Crippen molar-refractivity contribution >= 4 is 40.7 Å². The van der Waals surface area contributed by atoms with Crippen LogP contribution in [-0.2, 0) is 14.3 Å². The van der Waals surface area contributed by atoms with Crippen molar-refractivity contribution < 1.29 is 23.8 Å². The Hall–Kier alpha value is -2.82. The lowest BCUT2D eigenvalue weighted by atomic mass is 10.0. The number of aliphatic carboxylic acids is 1. The number of carbonyl (C=O) groups excluding carboxylic acids is 1. The van der Waals surface area contributed by atoms with Crippen molar-refractivity contribution in [3.05, 3.63) is 62.5 Å². The van der Waals surface area contributed by atoms with Crippen LogP contribution in [0.4, 0.5) is 4.39 Å². The third-order valence-electron chi connectivity index (χ3n) is 6.28. The molecule has 3 heterocycles. The van der Waals surface area contributed by atoms with Crippen molar-refractivity contribution in [2.24, 2.45) is 10.4 Å². The number of ether oxygens (including phenoxy) is 1. The average molecular weight is 521 g/mol. The lowest BCUT2D eigenvalue weighted by Crippen LogP contribution is -2.42. The zero-order valence-corrected chi connectivity index (χ0v) is 21.0. The van der Waals surface area contributed by atoms with E-state index in [-0.39, 0.29) is 17.8 Å². The number of esters is 1. The largest absolute Gasteiger partial charge is 0.480 e. The maximum absolute atomic E-state index is 12.2. The van der Waals surface area contributed by atoms with Gasteiger partial charge in [-0.15, -0.1) is 11.3 Å². The number of thiazole rings is 1. The number of benzene rings is 1. The molecule has 1 atom stereocenters. The number of carboxylic acid groups (broad SMARTS) is 1. The second kappa shape index (κ2) is 10.4. The third-order valence-corrected chi connectivity index (χ3v) is 7.48. The van der Waals surface area contributed by atoms with E-state index in [1.54, 1.807) is 12.1 Å². The number of aromatic nitrogens is 1. The highest BCUT2D eigenvalue weighted by atomic mass is 35.5. The van der Waals surface area contributed by atoms with Crippen LogP contribution in [0.2, 0.25) is 5.02 Å². The molecular formula is C24H26ClFN4O4S. The molecule has 1 aromatic heterocycles. The van der Waals surface area contributed by atoms with Gasteiger partial charge in [-0.25, -0.2) is 14.2 Å². The Morgan fingerprint density at radius 1 is 1.40 bits per heavy atom. The van der Waals surface area contributed by atoms with Crippen molar-refractivity contribution in [1.29, 1.82) is 0 Å². The van der Waals surface area contributed by atoms with Crippen LogP contribution < -0.4 is 5.32 Å². The van der Waals surface area contributed by atoms with E-state index in [2.05, 4.69) is 15.3 Å². The van der Waals surface area contributed by atoms with Gasteiger partial charge in [0.15, 0.2) is 10.8 Å². The second-order valence-electron chi connectivity index (χ2n) is 8.94. The molecule has 0 amide bonds. The standard InChI is InChI=1S/C18H22N4O4S.C6H4ClF/c1-10-8-27-15(20-10)14-19-6-11(17(25)26-2)12(21-14)7-22-9-18(3-4-18)5-13(22)16(23)24;7-5-2-1-3-6(8)4-5/h8,13H,3-7,9H2,1-2H3,(H,19,21)(H,23,24);1-4H. The van der Waals surface area contributed by atoms with Gasteiger partial charge in [-0.1, -0.05) is 17.7 Å². The highest BCUT2D eigenvalue weighted by Gasteiger charge is 2.54. The summed E-state index contributed by atoms with van der Waals surface area (Å²) >= 11 is 6.89. The first-order chi connectivity index (χ1) is 16.7. The molecule has 11 heteroatoms. The van der Waals surface area contributed by atoms with Crippen LogP contribution in [0.1, 0.15) is 30.0 Å². The molecule has 5 rings (SSSR count). The lowest BCUT2D eigenvalue weighted by Gasteiger charge is -2.27. The molecule has 186 valence electrons. The Morgan fingerprint density at radius 2 is 2.17 bits per heavy atom. The molecule has 2 fully saturated rings. The van der Waals surface area contributed by atoms with Crippen LogP contribution in [0.15, 0.2) is 45.9 Å². The highest BCUT2D eigenvalue weighted by molar-refractivity contribution is 7.11. The van der Waals surface area contributed by atoms with E-state index in [1.165, 1.54) is 30.6 Å². The van der Waals surface area contributed by atoms with Gasteiger partial charge in [-0.2, -0.15) is 0 Å².